The number of nitrogens with zero attached hydrogens (tertiary/aromatic N) is 1. The molecule has 1 heterocycles. The van der Waals surface area contributed by atoms with Crippen molar-refractivity contribution in [2.24, 2.45) is 4.99 Å². The molecule has 1 aliphatic heterocycles. The third-order valence-electron chi connectivity index (χ3n) is 3.45. The quantitative estimate of drug-likeness (QED) is 0.822. The Bertz CT molecular complexity index is 860. The van der Waals surface area contributed by atoms with Gasteiger partial charge in [-0.25, -0.2) is 4.99 Å². The number of phenols is 1. The largest absolute Gasteiger partial charge is 0.504 e. The topological polar surface area (TPSA) is 80.2 Å². The molecule has 0 aliphatic carbocycles. The summed E-state index contributed by atoms with van der Waals surface area (Å²) in [6.45, 7) is 0. The number of aliphatic imine (C=N–C) groups is 1. The highest BCUT2D eigenvalue weighted by atomic mass is 32.2. The number of carbonyl (C=O) groups is 1. The molecule has 2 aromatic carbocycles. The molecule has 25 heavy (non-hydrogen) atoms. The number of amidine groups is 1. The molecule has 1 amide bonds. The van der Waals surface area contributed by atoms with Crippen LogP contribution in [0.15, 0.2) is 52.4 Å². The van der Waals surface area contributed by atoms with Gasteiger partial charge in [0.25, 0.3) is 5.91 Å². The van der Waals surface area contributed by atoms with Crippen LogP contribution in [-0.4, -0.2) is 30.4 Å². The van der Waals surface area contributed by atoms with Gasteiger partial charge < -0.3 is 19.9 Å². The van der Waals surface area contributed by atoms with E-state index in [1.54, 1.807) is 37.5 Å². The van der Waals surface area contributed by atoms with E-state index in [0.29, 0.717) is 27.1 Å². The molecule has 7 heteroatoms. The first kappa shape index (κ1) is 16.9. The Labute approximate surface area is 149 Å². The van der Waals surface area contributed by atoms with E-state index in [-0.39, 0.29) is 11.7 Å². The smallest absolute Gasteiger partial charge is 0.264 e. The number of ether oxygens (including phenoxy) is 2. The summed E-state index contributed by atoms with van der Waals surface area (Å²) in [6, 6.07) is 12.2. The SMILES string of the molecule is COc1ccc(N=C2NC(=O)C(=Cc3ccc(OC)c(O)c3)S2)cc1. The highest BCUT2D eigenvalue weighted by Crippen LogP contribution is 2.31. The highest BCUT2D eigenvalue weighted by molar-refractivity contribution is 8.18. The molecule has 2 N–H and O–H groups in total. The zero-order valence-corrected chi connectivity index (χ0v) is 14.5. The Kier molecular flexibility index (Phi) is 4.95. The van der Waals surface area contributed by atoms with Crippen LogP contribution < -0.4 is 14.8 Å². The van der Waals surface area contributed by atoms with Gasteiger partial charge in [-0.1, -0.05) is 6.07 Å². The fourth-order valence-corrected chi connectivity index (χ4v) is 3.04. The Morgan fingerprint density at radius 1 is 1.12 bits per heavy atom. The number of benzene rings is 2. The summed E-state index contributed by atoms with van der Waals surface area (Å²) < 4.78 is 10.1. The van der Waals surface area contributed by atoms with Gasteiger partial charge in [0.05, 0.1) is 24.8 Å². The standard InChI is InChI=1S/C18H16N2O4S/c1-23-13-6-4-12(5-7-13)19-18-20-17(22)16(25-18)10-11-3-8-15(24-2)14(21)9-11/h3-10,21H,1-2H3,(H,19,20,22). The van der Waals surface area contributed by atoms with Crippen LogP contribution in [0.5, 0.6) is 17.2 Å². The average molecular weight is 356 g/mol. The van der Waals surface area contributed by atoms with Gasteiger partial charge in [-0.2, -0.15) is 0 Å². The summed E-state index contributed by atoms with van der Waals surface area (Å²) >= 11 is 1.24. The fraction of sp³-hybridized carbons (Fsp3) is 0.111. The zero-order chi connectivity index (χ0) is 17.8. The van der Waals surface area contributed by atoms with Gasteiger partial charge in [-0.15, -0.1) is 0 Å². The van der Waals surface area contributed by atoms with Gasteiger partial charge >= 0.3 is 0 Å². The van der Waals surface area contributed by atoms with Crippen molar-refractivity contribution in [2.45, 2.75) is 0 Å². The number of phenolic OH excluding ortho intramolecular Hbond substituents is 1. The first-order valence-electron chi connectivity index (χ1n) is 7.39. The second-order valence-electron chi connectivity index (χ2n) is 5.11. The lowest BCUT2D eigenvalue weighted by molar-refractivity contribution is -0.115. The Morgan fingerprint density at radius 3 is 2.52 bits per heavy atom. The summed E-state index contributed by atoms with van der Waals surface area (Å²) in [5.74, 6) is 0.916. The van der Waals surface area contributed by atoms with Gasteiger partial charge in [0.2, 0.25) is 0 Å². The van der Waals surface area contributed by atoms with E-state index < -0.39 is 0 Å². The van der Waals surface area contributed by atoms with Crippen LogP contribution in [0.1, 0.15) is 5.56 Å². The molecule has 0 saturated carbocycles. The van der Waals surface area contributed by atoms with Gasteiger partial charge in [0, 0.05) is 0 Å². The third-order valence-corrected chi connectivity index (χ3v) is 4.36. The molecule has 2 aromatic rings. The minimum atomic E-state index is -0.229. The van der Waals surface area contributed by atoms with Gasteiger partial charge in [-0.05, 0) is 59.8 Å². The molecule has 0 radical (unpaired) electrons. The molecule has 0 spiro atoms. The van der Waals surface area contributed by atoms with Crippen LogP contribution in [-0.2, 0) is 4.79 Å². The van der Waals surface area contributed by atoms with E-state index in [9.17, 15) is 9.90 Å². The summed E-state index contributed by atoms with van der Waals surface area (Å²) in [6.07, 6.45) is 1.69. The maximum absolute atomic E-state index is 12.1. The molecule has 128 valence electrons. The van der Waals surface area contributed by atoms with Crippen molar-refractivity contribution in [3.63, 3.8) is 0 Å². The average Bonchev–Trinajstić information content (AvgIpc) is 2.95. The maximum Gasteiger partial charge on any atom is 0.264 e. The van der Waals surface area contributed by atoms with Crippen molar-refractivity contribution in [1.82, 2.24) is 5.32 Å². The summed E-state index contributed by atoms with van der Waals surface area (Å²) in [7, 11) is 3.08. The lowest BCUT2D eigenvalue weighted by atomic mass is 10.2. The number of aromatic hydroxyl groups is 1. The molecule has 1 fully saturated rings. The zero-order valence-electron chi connectivity index (χ0n) is 13.6. The third kappa shape index (κ3) is 3.95. The van der Waals surface area contributed by atoms with Crippen molar-refractivity contribution >= 4 is 34.6 Å². The maximum atomic E-state index is 12.1. The van der Waals surface area contributed by atoms with Gasteiger partial charge in [-0.3, -0.25) is 4.79 Å². The molecular formula is C18H16N2O4S. The van der Waals surface area contributed by atoms with E-state index >= 15 is 0 Å². The normalized spacial score (nSPS) is 17.0. The first-order chi connectivity index (χ1) is 12.1. The second kappa shape index (κ2) is 7.31. The predicted molar refractivity (Wildman–Crippen MR) is 98.5 cm³/mol. The minimum Gasteiger partial charge on any atom is -0.504 e. The molecule has 3 rings (SSSR count). The lowest BCUT2D eigenvalue weighted by Gasteiger charge is -2.03. The van der Waals surface area contributed by atoms with Gasteiger partial charge in [0.1, 0.15) is 5.75 Å². The number of amides is 1. The molecule has 0 aromatic heterocycles. The number of hydrogen-bond acceptors (Lipinski definition) is 6. The predicted octanol–water partition coefficient (Wildman–Crippen LogP) is 3.30. The Balaban J connectivity index is 1.79. The number of rotatable bonds is 4. The summed E-state index contributed by atoms with van der Waals surface area (Å²) in [4.78, 5) is 17.0. The molecule has 1 aliphatic rings. The van der Waals surface area contributed by atoms with Crippen LogP contribution in [0.25, 0.3) is 6.08 Å². The monoisotopic (exact) mass is 356 g/mol. The van der Waals surface area contributed by atoms with Crippen molar-refractivity contribution < 1.29 is 19.4 Å². The minimum absolute atomic E-state index is 0.0207. The second-order valence-corrected chi connectivity index (χ2v) is 6.14. The molecule has 0 atom stereocenters. The van der Waals surface area contributed by atoms with E-state index in [1.807, 2.05) is 12.1 Å². The lowest BCUT2D eigenvalue weighted by Crippen LogP contribution is -2.19. The number of methoxy groups -OCH3 is 2. The summed E-state index contributed by atoms with van der Waals surface area (Å²) in [5, 5.41) is 13.1. The van der Waals surface area contributed by atoms with E-state index in [0.717, 1.165) is 5.75 Å². The number of carbonyl (C=O) groups excluding carboxylic acids is 1. The van der Waals surface area contributed by atoms with E-state index in [2.05, 4.69) is 10.3 Å². The van der Waals surface area contributed by atoms with Crippen LogP contribution in [0.3, 0.4) is 0 Å². The highest BCUT2D eigenvalue weighted by Gasteiger charge is 2.23. The van der Waals surface area contributed by atoms with E-state index in [4.69, 9.17) is 9.47 Å². The van der Waals surface area contributed by atoms with Crippen LogP contribution in [0.4, 0.5) is 5.69 Å². The Morgan fingerprint density at radius 2 is 1.88 bits per heavy atom. The van der Waals surface area contributed by atoms with Crippen molar-refractivity contribution in [2.75, 3.05) is 14.2 Å². The van der Waals surface area contributed by atoms with E-state index in [1.165, 1.54) is 24.9 Å². The molecule has 0 unspecified atom stereocenters. The Hall–Kier alpha value is -2.93. The van der Waals surface area contributed by atoms with Crippen LogP contribution >= 0.6 is 11.8 Å². The van der Waals surface area contributed by atoms with Crippen LogP contribution in [0, 0.1) is 0 Å². The number of nitrogens with one attached hydrogen (secondary N) is 1. The molecule has 0 bridgehead atoms. The fourth-order valence-electron chi connectivity index (χ4n) is 2.20. The molecular weight excluding hydrogens is 340 g/mol. The van der Waals surface area contributed by atoms with Crippen LogP contribution in [0.2, 0.25) is 0 Å². The molecule has 1 saturated heterocycles. The van der Waals surface area contributed by atoms with Crippen molar-refractivity contribution in [3.05, 3.63) is 52.9 Å². The number of hydrogen-bond donors (Lipinski definition) is 2. The molecule has 6 nitrogen and oxygen atoms in total. The summed E-state index contributed by atoms with van der Waals surface area (Å²) in [5.41, 5.74) is 1.41. The van der Waals surface area contributed by atoms with Crippen molar-refractivity contribution in [3.8, 4) is 17.2 Å². The van der Waals surface area contributed by atoms with Crippen molar-refractivity contribution in [1.29, 1.82) is 0 Å². The van der Waals surface area contributed by atoms with Gasteiger partial charge in [0.15, 0.2) is 16.7 Å². The number of thioether (sulfide) groups is 1. The first-order valence-corrected chi connectivity index (χ1v) is 8.21.